The van der Waals surface area contributed by atoms with Crippen LogP contribution in [0, 0.1) is 0 Å². The minimum Gasteiger partial charge on any atom is -0.487 e. The summed E-state index contributed by atoms with van der Waals surface area (Å²) in [4.78, 5) is 0. The van der Waals surface area contributed by atoms with Crippen molar-refractivity contribution in [3.63, 3.8) is 0 Å². The van der Waals surface area contributed by atoms with Crippen molar-refractivity contribution < 1.29 is 19.1 Å². The van der Waals surface area contributed by atoms with Gasteiger partial charge in [0.05, 0.1) is 0 Å². The van der Waals surface area contributed by atoms with Gasteiger partial charge in [0.1, 0.15) is 31.3 Å². The maximum Gasteiger partial charge on any atom is 0.161 e. The Morgan fingerprint density at radius 2 is 1.95 bits per heavy atom. The molecule has 1 aromatic heterocycles. The van der Waals surface area contributed by atoms with Crippen LogP contribution in [0.4, 0.5) is 0 Å². The number of rotatable bonds is 7. The predicted molar refractivity (Wildman–Crippen MR) is 67.8 cm³/mol. The summed E-state index contributed by atoms with van der Waals surface area (Å²) >= 11 is 0. The van der Waals surface area contributed by atoms with E-state index in [4.69, 9.17) is 19.7 Å². The summed E-state index contributed by atoms with van der Waals surface area (Å²) in [6.07, 6.45) is 0.794. The van der Waals surface area contributed by atoms with E-state index in [-0.39, 0.29) is 19.8 Å². The molecule has 19 heavy (non-hydrogen) atoms. The van der Waals surface area contributed by atoms with E-state index >= 15 is 0 Å². The summed E-state index contributed by atoms with van der Waals surface area (Å²) in [6, 6.07) is 8.94. The fraction of sp³-hybridized carbons (Fsp3) is 0.308. The molecule has 0 spiro atoms. The summed E-state index contributed by atoms with van der Waals surface area (Å²) < 4.78 is 15.8. The number of nitrogens with zero attached hydrogens (tertiary/aromatic N) is 1. The fourth-order valence-electron chi connectivity index (χ4n) is 1.41. The molecule has 0 radical (unpaired) electrons. The Morgan fingerprint density at radius 3 is 2.58 bits per heavy atom. The summed E-state index contributed by atoms with van der Waals surface area (Å²) in [7, 11) is 0. The lowest BCUT2D eigenvalue weighted by Gasteiger charge is -2.13. The zero-order valence-corrected chi connectivity index (χ0v) is 10.4. The highest BCUT2D eigenvalue weighted by Crippen LogP contribution is 2.27. The van der Waals surface area contributed by atoms with Gasteiger partial charge < -0.3 is 24.8 Å². The van der Waals surface area contributed by atoms with Crippen LogP contribution in [0.15, 0.2) is 41.1 Å². The second kappa shape index (κ2) is 6.77. The van der Waals surface area contributed by atoms with Crippen LogP contribution in [0.2, 0.25) is 0 Å². The molecular weight excluding hydrogens is 248 g/mol. The molecule has 1 heterocycles. The molecule has 0 amide bonds. The molecule has 6 heteroatoms. The normalized spacial score (nSPS) is 12.1. The van der Waals surface area contributed by atoms with Crippen LogP contribution in [0.5, 0.6) is 11.5 Å². The Hall–Kier alpha value is -2.05. The van der Waals surface area contributed by atoms with Crippen molar-refractivity contribution >= 4 is 0 Å². The van der Waals surface area contributed by atoms with Gasteiger partial charge in [-0.1, -0.05) is 17.3 Å². The lowest BCUT2D eigenvalue weighted by molar-refractivity contribution is 0.111. The SMILES string of the molecule is NCC(O)COc1ccccc1OCc1ccon1. The zero-order chi connectivity index (χ0) is 13.5. The highest BCUT2D eigenvalue weighted by Gasteiger charge is 2.08. The first-order valence-corrected chi connectivity index (χ1v) is 5.91. The number of aliphatic hydroxyl groups is 1. The molecule has 0 aliphatic heterocycles. The average Bonchev–Trinajstić information content (AvgIpc) is 2.96. The molecule has 1 unspecified atom stereocenters. The first kappa shape index (κ1) is 13.4. The minimum atomic E-state index is -0.691. The molecule has 0 aliphatic rings. The van der Waals surface area contributed by atoms with Gasteiger partial charge in [-0.25, -0.2) is 0 Å². The molecule has 2 rings (SSSR count). The number of aromatic nitrogens is 1. The first-order valence-electron chi connectivity index (χ1n) is 5.91. The molecule has 1 atom stereocenters. The maximum atomic E-state index is 9.38. The summed E-state index contributed by atoms with van der Waals surface area (Å²) in [5.74, 6) is 1.13. The minimum absolute atomic E-state index is 0.126. The standard InChI is InChI=1S/C13H16N2O4/c14-7-11(16)9-18-13-4-2-1-3-12(13)17-8-10-5-6-19-15-10/h1-6,11,16H,7-9,14H2. The van der Waals surface area contributed by atoms with Crippen LogP contribution in [-0.2, 0) is 6.61 Å². The Kier molecular flexibility index (Phi) is 4.77. The van der Waals surface area contributed by atoms with Crippen LogP contribution < -0.4 is 15.2 Å². The second-order valence-electron chi connectivity index (χ2n) is 3.93. The van der Waals surface area contributed by atoms with Gasteiger partial charge in [0.2, 0.25) is 0 Å². The molecule has 0 fully saturated rings. The molecule has 3 N–H and O–H groups in total. The van der Waals surface area contributed by atoms with Gasteiger partial charge in [0, 0.05) is 12.6 Å². The number of hydrogen-bond donors (Lipinski definition) is 2. The van der Waals surface area contributed by atoms with Crippen molar-refractivity contribution in [1.29, 1.82) is 0 Å². The van der Waals surface area contributed by atoms with Crippen LogP contribution in [0.25, 0.3) is 0 Å². The van der Waals surface area contributed by atoms with Crippen molar-refractivity contribution in [2.45, 2.75) is 12.7 Å². The highest BCUT2D eigenvalue weighted by molar-refractivity contribution is 5.39. The van der Waals surface area contributed by atoms with E-state index in [9.17, 15) is 5.11 Å². The largest absolute Gasteiger partial charge is 0.487 e. The van der Waals surface area contributed by atoms with Crippen molar-refractivity contribution in [3.05, 3.63) is 42.3 Å². The Labute approximate surface area is 110 Å². The van der Waals surface area contributed by atoms with Crippen molar-refractivity contribution in [2.75, 3.05) is 13.2 Å². The molecular formula is C13H16N2O4. The lowest BCUT2D eigenvalue weighted by atomic mass is 10.3. The number of hydrogen-bond acceptors (Lipinski definition) is 6. The summed E-state index contributed by atoms with van der Waals surface area (Å²) in [5, 5.41) is 13.1. The lowest BCUT2D eigenvalue weighted by Crippen LogP contribution is -2.26. The van der Waals surface area contributed by atoms with Crippen LogP contribution in [0.3, 0.4) is 0 Å². The Balaban J connectivity index is 1.95. The molecule has 102 valence electrons. The van der Waals surface area contributed by atoms with Crippen LogP contribution in [-0.4, -0.2) is 29.5 Å². The molecule has 0 aliphatic carbocycles. The first-order chi connectivity index (χ1) is 9.29. The number of benzene rings is 1. The van der Waals surface area contributed by atoms with E-state index in [1.165, 1.54) is 6.26 Å². The van der Waals surface area contributed by atoms with Crippen LogP contribution >= 0.6 is 0 Å². The van der Waals surface area contributed by atoms with Gasteiger partial charge in [-0.15, -0.1) is 0 Å². The maximum absolute atomic E-state index is 9.38. The molecule has 2 aromatic rings. The molecule has 0 bridgehead atoms. The van der Waals surface area contributed by atoms with Gasteiger partial charge in [-0.2, -0.15) is 0 Å². The molecule has 0 saturated heterocycles. The van der Waals surface area contributed by atoms with Crippen molar-refractivity contribution in [3.8, 4) is 11.5 Å². The quantitative estimate of drug-likeness (QED) is 0.773. The van der Waals surface area contributed by atoms with E-state index in [1.54, 1.807) is 18.2 Å². The third-order valence-electron chi connectivity index (χ3n) is 2.42. The Bertz CT molecular complexity index is 487. The summed E-state index contributed by atoms with van der Waals surface area (Å²) in [5.41, 5.74) is 6.01. The summed E-state index contributed by atoms with van der Waals surface area (Å²) in [6.45, 7) is 0.569. The van der Waals surface area contributed by atoms with Gasteiger partial charge >= 0.3 is 0 Å². The smallest absolute Gasteiger partial charge is 0.161 e. The topological polar surface area (TPSA) is 90.7 Å². The van der Waals surface area contributed by atoms with Crippen LogP contribution in [0.1, 0.15) is 5.69 Å². The zero-order valence-electron chi connectivity index (χ0n) is 10.4. The van der Waals surface area contributed by atoms with Gasteiger partial charge in [0.15, 0.2) is 11.5 Å². The number of ether oxygens (including phenoxy) is 2. The second-order valence-corrected chi connectivity index (χ2v) is 3.93. The Morgan fingerprint density at radius 1 is 1.21 bits per heavy atom. The van der Waals surface area contributed by atoms with Crippen molar-refractivity contribution in [2.24, 2.45) is 5.73 Å². The van der Waals surface area contributed by atoms with Crippen molar-refractivity contribution in [1.82, 2.24) is 5.16 Å². The third-order valence-corrected chi connectivity index (χ3v) is 2.42. The number of nitrogens with two attached hydrogens (primary N) is 1. The number of para-hydroxylation sites is 2. The van der Waals surface area contributed by atoms with Gasteiger partial charge in [-0.3, -0.25) is 0 Å². The average molecular weight is 264 g/mol. The number of aliphatic hydroxyl groups excluding tert-OH is 1. The van der Waals surface area contributed by atoms with E-state index in [1.807, 2.05) is 12.1 Å². The molecule has 1 aromatic carbocycles. The van der Waals surface area contributed by atoms with Gasteiger partial charge in [-0.05, 0) is 12.1 Å². The van der Waals surface area contributed by atoms with E-state index in [0.29, 0.717) is 17.2 Å². The van der Waals surface area contributed by atoms with E-state index in [0.717, 1.165) is 0 Å². The molecule has 0 saturated carbocycles. The third kappa shape index (κ3) is 3.97. The monoisotopic (exact) mass is 264 g/mol. The van der Waals surface area contributed by atoms with Gasteiger partial charge in [0.25, 0.3) is 0 Å². The highest BCUT2D eigenvalue weighted by atomic mass is 16.5. The van der Waals surface area contributed by atoms with E-state index in [2.05, 4.69) is 5.16 Å². The predicted octanol–water partition coefficient (Wildman–Crippen LogP) is 0.952. The fourth-order valence-corrected chi connectivity index (χ4v) is 1.41. The van der Waals surface area contributed by atoms with E-state index < -0.39 is 6.10 Å². The molecule has 6 nitrogen and oxygen atoms in total.